The molecule has 2 rings (SSSR count). The van der Waals surface area contributed by atoms with Gasteiger partial charge in [-0.3, -0.25) is 0 Å². The minimum atomic E-state index is 0.133. The van der Waals surface area contributed by atoms with Crippen molar-refractivity contribution >= 4 is 17.1 Å². The number of nitrogens with one attached hydrogen (secondary N) is 1. The lowest BCUT2D eigenvalue weighted by Gasteiger charge is -2.34. The van der Waals surface area contributed by atoms with Crippen molar-refractivity contribution in [3.63, 3.8) is 0 Å². The van der Waals surface area contributed by atoms with Crippen LogP contribution >= 0.6 is 0 Å². The summed E-state index contributed by atoms with van der Waals surface area (Å²) in [5.74, 6) is 0. The van der Waals surface area contributed by atoms with Crippen molar-refractivity contribution in [2.75, 3.05) is 17.3 Å². The smallest absolute Gasteiger partial charge is 0.0385 e. The molecular weight excluding hydrogens is 232 g/mol. The van der Waals surface area contributed by atoms with E-state index in [1.807, 2.05) is 18.2 Å². The normalized spacial score (nSPS) is 11.2. The Morgan fingerprint density at radius 2 is 1.32 bits per heavy atom. The summed E-state index contributed by atoms with van der Waals surface area (Å²) in [6.07, 6.45) is 0. The molecule has 0 aliphatic carbocycles. The van der Waals surface area contributed by atoms with Crippen LogP contribution in [0, 0.1) is 0 Å². The molecule has 0 aliphatic rings. The molecule has 19 heavy (non-hydrogen) atoms. The first-order valence-electron chi connectivity index (χ1n) is 6.63. The van der Waals surface area contributed by atoms with Gasteiger partial charge in [-0.2, -0.15) is 0 Å². The van der Waals surface area contributed by atoms with E-state index in [0.717, 1.165) is 11.4 Å². The van der Waals surface area contributed by atoms with Crippen molar-refractivity contribution < 1.29 is 0 Å². The van der Waals surface area contributed by atoms with Crippen LogP contribution in [-0.4, -0.2) is 12.6 Å². The second kappa shape index (κ2) is 5.35. The molecule has 0 amide bonds. The van der Waals surface area contributed by atoms with Crippen molar-refractivity contribution in [2.45, 2.75) is 26.3 Å². The van der Waals surface area contributed by atoms with Gasteiger partial charge >= 0.3 is 0 Å². The largest absolute Gasteiger partial charge is 0.370 e. The first kappa shape index (κ1) is 13.5. The molecule has 0 bridgehead atoms. The van der Waals surface area contributed by atoms with E-state index >= 15 is 0 Å². The summed E-state index contributed by atoms with van der Waals surface area (Å²) in [6.45, 7) is 6.63. The lowest BCUT2D eigenvalue weighted by molar-refractivity contribution is 0.539. The molecule has 0 aromatic heterocycles. The molecule has 2 heteroatoms. The van der Waals surface area contributed by atoms with Crippen molar-refractivity contribution in [1.29, 1.82) is 0 Å². The highest BCUT2D eigenvalue weighted by molar-refractivity contribution is 5.63. The molecule has 0 heterocycles. The van der Waals surface area contributed by atoms with Crippen molar-refractivity contribution in [2.24, 2.45) is 0 Å². The highest BCUT2D eigenvalue weighted by atomic mass is 15.2. The zero-order valence-corrected chi connectivity index (χ0v) is 12.1. The predicted molar refractivity (Wildman–Crippen MR) is 84.3 cm³/mol. The van der Waals surface area contributed by atoms with Gasteiger partial charge < -0.3 is 10.2 Å². The second-order valence-corrected chi connectivity index (χ2v) is 5.77. The van der Waals surface area contributed by atoms with Gasteiger partial charge in [-0.15, -0.1) is 0 Å². The SMILES string of the molecule is CN(c1ccc(Nc2ccccc2)cc1)C(C)(C)C. The van der Waals surface area contributed by atoms with Crippen LogP contribution in [-0.2, 0) is 0 Å². The lowest BCUT2D eigenvalue weighted by atomic mass is 10.1. The van der Waals surface area contributed by atoms with E-state index in [4.69, 9.17) is 0 Å². The first-order chi connectivity index (χ1) is 8.97. The third-order valence-corrected chi connectivity index (χ3v) is 3.32. The van der Waals surface area contributed by atoms with Crippen LogP contribution in [0.5, 0.6) is 0 Å². The molecule has 0 saturated heterocycles. The summed E-state index contributed by atoms with van der Waals surface area (Å²) in [4.78, 5) is 2.28. The average Bonchev–Trinajstić information content (AvgIpc) is 2.39. The fourth-order valence-electron chi connectivity index (χ4n) is 1.84. The highest BCUT2D eigenvalue weighted by Gasteiger charge is 2.16. The zero-order chi connectivity index (χ0) is 13.9. The number of hydrogen-bond donors (Lipinski definition) is 1. The number of anilines is 3. The average molecular weight is 254 g/mol. The van der Waals surface area contributed by atoms with Gasteiger partial charge in [0, 0.05) is 29.6 Å². The van der Waals surface area contributed by atoms with E-state index in [-0.39, 0.29) is 5.54 Å². The van der Waals surface area contributed by atoms with Gasteiger partial charge in [-0.25, -0.2) is 0 Å². The molecule has 0 fully saturated rings. The Hall–Kier alpha value is -1.96. The Morgan fingerprint density at radius 1 is 0.789 bits per heavy atom. The van der Waals surface area contributed by atoms with Crippen molar-refractivity contribution in [1.82, 2.24) is 0 Å². The van der Waals surface area contributed by atoms with Gasteiger partial charge in [0.1, 0.15) is 0 Å². The molecule has 0 spiro atoms. The van der Waals surface area contributed by atoms with Gasteiger partial charge in [0.25, 0.3) is 0 Å². The van der Waals surface area contributed by atoms with E-state index in [0.29, 0.717) is 0 Å². The Kier molecular flexibility index (Phi) is 3.79. The molecule has 0 unspecified atom stereocenters. The Bertz CT molecular complexity index is 509. The number of nitrogens with zero attached hydrogens (tertiary/aromatic N) is 1. The van der Waals surface area contributed by atoms with Crippen molar-refractivity contribution in [3.05, 3.63) is 54.6 Å². The minimum Gasteiger partial charge on any atom is -0.370 e. The molecule has 2 aromatic carbocycles. The molecule has 2 nitrogen and oxygen atoms in total. The Morgan fingerprint density at radius 3 is 1.84 bits per heavy atom. The molecule has 0 radical (unpaired) electrons. The summed E-state index contributed by atoms with van der Waals surface area (Å²) in [5.41, 5.74) is 3.58. The molecular formula is C17H22N2. The molecule has 0 atom stereocenters. The quantitative estimate of drug-likeness (QED) is 0.856. The second-order valence-electron chi connectivity index (χ2n) is 5.77. The fraction of sp³-hybridized carbons (Fsp3) is 0.294. The Balaban J connectivity index is 2.11. The van der Waals surface area contributed by atoms with E-state index in [9.17, 15) is 0 Å². The molecule has 100 valence electrons. The minimum absolute atomic E-state index is 0.133. The van der Waals surface area contributed by atoms with Crippen LogP contribution in [0.3, 0.4) is 0 Å². The number of para-hydroxylation sites is 1. The van der Waals surface area contributed by atoms with Crippen LogP contribution in [0.25, 0.3) is 0 Å². The third-order valence-electron chi connectivity index (χ3n) is 3.32. The van der Waals surface area contributed by atoms with Gasteiger partial charge in [0.05, 0.1) is 0 Å². The van der Waals surface area contributed by atoms with Crippen LogP contribution in [0.15, 0.2) is 54.6 Å². The third kappa shape index (κ3) is 3.50. The van der Waals surface area contributed by atoms with Gasteiger partial charge in [0.2, 0.25) is 0 Å². The summed E-state index contributed by atoms with van der Waals surface area (Å²) >= 11 is 0. The predicted octanol–water partition coefficient (Wildman–Crippen LogP) is 4.66. The molecule has 0 saturated carbocycles. The summed E-state index contributed by atoms with van der Waals surface area (Å²) < 4.78 is 0. The van der Waals surface area contributed by atoms with E-state index < -0.39 is 0 Å². The van der Waals surface area contributed by atoms with E-state index in [2.05, 4.69) is 74.4 Å². The number of hydrogen-bond acceptors (Lipinski definition) is 2. The standard InChI is InChI=1S/C17H22N2/c1-17(2,3)19(4)16-12-10-15(11-13-16)18-14-8-6-5-7-9-14/h5-13,18H,1-4H3. The lowest BCUT2D eigenvalue weighted by Crippen LogP contribution is -2.37. The van der Waals surface area contributed by atoms with Gasteiger partial charge in [-0.05, 0) is 57.2 Å². The van der Waals surface area contributed by atoms with Crippen LogP contribution in [0.1, 0.15) is 20.8 Å². The van der Waals surface area contributed by atoms with E-state index in [1.165, 1.54) is 5.69 Å². The Labute approximate surface area is 116 Å². The fourth-order valence-corrected chi connectivity index (χ4v) is 1.84. The van der Waals surface area contributed by atoms with Crippen LogP contribution in [0.4, 0.5) is 17.1 Å². The first-order valence-corrected chi connectivity index (χ1v) is 6.63. The number of rotatable bonds is 3. The summed E-state index contributed by atoms with van der Waals surface area (Å²) in [5, 5.41) is 3.39. The molecule has 1 N–H and O–H groups in total. The van der Waals surface area contributed by atoms with Crippen molar-refractivity contribution in [3.8, 4) is 0 Å². The maximum atomic E-state index is 3.39. The summed E-state index contributed by atoms with van der Waals surface area (Å²) in [6, 6.07) is 18.7. The highest BCUT2D eigenvalue weighted by Crippen LogP contribution is 2.24. The van der Waals surface area contributed by atoms with Gasteiger partial charge in [0.15, 0.2) is 0 Å². The maximum absolute atomic E-state index is 3.39. The zero-order valence-electron chi connectivity index (χ0n) is 12.1. The van der Waals surface area contributed by atoms with E-state index in [1.54, 1.807) is 0 Å². The van der Waals surface area contributed by atoms with Crippen LogP contribution in [0.2, 0.25) is 0 Å². The van der Waals surface area contributed by atoms with Gasteiger partial charge in [-0.1, -0.05) is 18.2 Å². The topological polar surface area (TPSA) is 15.3 Å². The number of benzene rings is 2. The monoisotopic (exact) mass is 254 g/mol. The maximum Gasteiger partial charge on any atom is 0.0385 e. The molecule has 0 aliphatic heterocycles. The summed E-state index contributed by atoms with van der Waals surface area (Å²) in [7, 11) is 2.12. The molecule has 2 aromatic rings. The van der Waals surface area contributed by atoms with Crippen LogP contribution < -0.4 is 10.2 Å².